The Morgan fingerprint density at radius 1 is 1.50 bits per heavy atom. The van der Waals surface area contributed by atoms with E-state index in [4.69, 9.17) is 5.73 Å². The van der Waals surface area contributed by atoms with Crippen molar-refractivity contribution in [3.05, 3.63) is 29.8 Å². The van der Waals surface area contributed by atoms with Gasteiger partial charge >= 0.3 is 0 Å². The SMILES string of the molecule is NC1CN(C(=O)c2cccc(O)c2)C1. The summed E-state index contributed by atoms with van der Waals surface area (Å²) in [7, 11) is 0. The lowest BCUT2D eigenvalue weighted by atomic mass is 10.1. The Labute approximate surface area is 81.9 Å². The molecule has 1 aliphatic heterocycles. The van der Waals surface area contributed by atoms with Crippen molar-refractivity contribution >= 4 is 5.91 Å². The minimum Gasteiger partial charge on any atom is -0.508 e. The molecular formula is C10H12N2O2. The summed E-state index contributed by atoms with van der Waals surface area (Å²) in [5, 5.41) is 9.19. The maximum Gasteiger partial charge on any atom is 0.254 e. The third kappa shape index (κ3) is 1.56. The molecule has 1 aliphatic rings. The fraction of sp³-hybridized carbons (Fsp3) is 0.300. The molecule has 1 aromatic rings. The molecule has 14 heavy (non-hydrogen) atoms. The first-order chi connectivity index (χ1) is 6.66. The lowest BCUT2D eigenvalue weighted by molar-refractivity contribution is 0.0607. The summed E-state index contributed by atoms with van der Waals surface area (Å²) in [4.78, 5) is 13.4. The van der Waals surface area contributed by atoms with E-state index in [1.165, 1.54) is 6.07 Å². The third-order valence-electron chi connectivity index (χ3n) is 2.29. The molecule has 0 unspecified atom stereocenters. The van der Waals surface area contributed by atoms with Crippen molar-refractivity contribution < 1.29 is 9.90 Å². The predicted molar refractivity (Wildman–Crippen MR) is 52.0 cm³/mol. The fourth-order valence-electron chi connectivity index (χ4n) is 1.50. The third-order valence-corrected chi connectivity index (χ3v) is 2.29. The van der Waals surface area contributed by atoms with Crippen molar-refractivity contribution in [2.24, 2.45) is 5.73 Å². The van der Waals surface area contributed by atoms with E-state index in [0.29, 0.717) is 18.7 Å². The molecule has 1 fully saturated rings. The van der Waals surface area contributed by atoms with Gasteiger partial charge in [0, 0.05) is 24.7 Å². The van der Waals surface area contributed by atoms with Crippen molar-refractivity contribution in [2.75, 3.05) is 13.1 Å². The van der Waals surface area contributed by atoms with Crippen molar-refractivity contribution in [1.82, 2.24) is 4.90 Å². The molecular weight excluding hydrogens is 180 g/mol. The van der Waals surface area contributed by atoms with Gasteiger partial charge in [-0.3, -0.25) is 4.79 Å². The zero-order chi connectivity index (χ0) is 10.1. The van der Waals surface area contributed by atoms with Gasteiger partial charge in [0.15, 0.2) is 0 Å². The number of aromatic hydroxyl groups is 1. The maximum atomic E-state index is 11.7. The van der Waals surface area contributed by atoms with E-state index in [1.807, 2.05) is 0 Å². The van der Waals surface area contributed by atoms with Gasteiger partial charge in [-0.25, -0.2) is 0 Å². The number of carbonyl (C=O) groups is 1. The molecule has 1 aromatic carbocycles. The highest BCUT2D eigenvalue weighted by atomic mass is 16.3. The van der Waals surface area contributed by atoms with Gasteiger partial charge in [-0.2, -0.15) is 0 Å². The molecule has 0 bridgehead atoms. The van der Waals surface area contributed by atoms with Crippen LogP contribution in [0.15, 0.2) is 24.3 Å². The molecule has 0 atom stereocenters. The predicted octanol–water partition coefficient (Wildman–Crippen LogP) is 0.175. The van der Waals surface area contributed by atoms with Gasteiger partial charge < -0.3 is 15.7 Å². The summed E-state index contributed by atoms with van der Waals surface area (Å²) in [5.74, 6) is 0.0447. The molecule has 74 valence electrons. The molecule has 0 radical (unpaired) electrons. The largest absolute Gasteiger partial charge is 0.508 e. The number of rotatable bonds is 1. The van der Waals surface area contributed by atoms with Crippen LogP contribution in [-0.2, 0) is 0 Å². The first kappa shape index (κ1) is 9.02. The molecule has 1 heterocycles. The lowest BCUT2D eigenvalue weighted by Gasteiger charge is -2.36. The van der Waals surface area contributed by atoms with Gasteiger partial charge in [0.05, 0.1) is 0 Å². The minimum absolute atomic E-state index is 0.0670. The van der Waals surface area contributed by atoms with Crippen molar-refractivity contribution in [3.8, 4) is 5.75 Å². The Hall–Kier alpha value is -1.55. The number of amides is 1. The molecule has 0 aliphatic carbocycles. The Balaban J connectivity index is 2.12. The average molecular weight is 192 g/mol. The Bertz CT molecular complexity index is 359. The van der Waals surface area contributed by atoms with E-state index in [-0.39, 0.29) is 17.7 Å². The Morgan fingerprint density at radius 3 is 2.79 bits per heavy atom. The van der Waals surface area contributed by atoms with Crippen LogP contribution in [0, 0.1) is 0 Å². The van der Waals surface area contributed by atoms with E-state index >= 15 is 0 Å². The lowest BCUT2D eigenvalue weighted by Crippen LogP contribution is -2.57. The number of phenols is 1. The molecule has 1 saturated heterocycles. The van der Waals surface area contributed by atoms with Crippen LogP contribution in [0.5, 0.6) is 5.75 Å². The molecule has 4 nitrogen and oxygen atoms in total. The Morgan fingerprint density at radius 2 is 2.21 bits per heavy atom. The topological polar surface area (TPSA) is 66.6 Å². The monoisotopic (exact) mass is 192 g/mol. The molecule has 2 rings (SSSR count). The van der Waals surface area contributed by atoms with Crippen LogP contribution in [0.4, 0.5) is 0 Å². The van der Waals surface area contributed by atoms with Crippen molar-refractivity contribution in [1.29, 1.82) is 0 Å². The maximum absolute atomic E-state index is 11.7. The van der Waals surface area contributed by atoms with Gasteiger partial charge in [-0.1, -0.05) is 6.07 Å². The molecule has 4 heteroatoms. The summed E-state index contributed by atoms with van der Waals surface area (Å²) in [6.45, 7) is 1.21. The van der Waals surface area contributed by atoms with Crippen LogP contribution in [0.1, 0.15) is 10.4 Å². The smallest absolute Gasteiger partial charge is 0.254 e. The summed E-state index contributed by atoms with van der Waals surface area (Å²) in [6, 6.07) is 6.45. The summed E-state index contributed by atoms with van der Waals surface area (Å²) in [6.07, 6.45) is 0. The second kappa shape index (κ2) is 3.31. The molecule has 0 saturated carbocycles. The number of nitrogens with zero attached hydrogens (tertiary/aromatic N) is 1. The van der Waals surface area contributed by atoms with Gasteiger partial charge in [-0.05, 0) is 18.2 Å². The first-order valence-corrected chi connectivity index (χ1v) is 4.50. The minimum atomic E-state index is -0.0670. The number of benzene rings is 1. The van der Waals surface area contributed by atoms with Gasteiger partial charge in [0.2, 0.25) is 0 Å². The van der Waals surface area contributed by atoms with Crippen LogP contribution < -0.4 is 5.73 Å². The second-order valence-corrected chi connectivity index (χ2v) is 3.52. The molecule has 1 amide bonds. The average Bonchev–Trinajstić information content (AvgIpc) is 2.12. The van der Waals surface area contributed by atoms with Gasteiger partial charge in [0.1, 0.15) is 5.75 Å². The molecule has 0 spiro atoms. The van der Waals surface area contributed by atoms with Crippen LogP contribution in [0.3, 0.4) is 0 Å². The van der Waals surface area contributed by atoms with E-state index < -0.39 is 0 Å². The second-order valence-electron chi connectivity index (χ2n) is 3.52. The quantitative estimate of drug-likeness (QED) is 0.666. The molecule has 0 aromatic heterocycles. The number of likely N-dealkylation sites (tertiary alicyclic amines) is 1. The highest BCUT2D eigenvalue weighted by Gasteiger charge is 2.28. The number of nitrogens with two attached hydrogens (primary N) is 1. The van der Waals surface area contributed by atoms with Gasteiger partial charge in [0.25, 0.3) is 5.91 Å². The molecule has 3 N–H and O–H groups in total. The number of hydrogen-bond donors (Lipinski definition) is 2. The van der Waals surface area contributed by atoms with Crippen LogP contribution in [0.25, 0.3) is 0 Å². The number of carbonyl (C=O) groups excluding carboxylic acids is 1. The fourth-order valence-corrected chi connectivity index (χ4v) is 1.50. The summed E-state index contributed by atoms with van der Waals surface area (Å²) < 4.78 is 0. The van der Waals surface area contributed by atoms with Crippen molar-refractivity contribution in [3.63, 3.8) is 0 Å². The summed E-state index contributed by atoms with van der Waals surface area (Å²) >= 11 is 0. The van der Waals surface area contributed by atoms with E-state index in [2.05, 4.69) is 0 Å². The van der Waals surface area contributed by atoms with Gasteiger partial charge in [-0.15, -0.1) is 0 Å². The summed E-state index contributed by atoms with van der Waals surface area (Å²) in [5.41, 5.74) is 6.08. The highest BCUT2D eigenvalue weighted by Crippen LogP contribution is 2.16. The normalized spacial score (nSPS) is 16.5. The van der Waals surface area contributed by atoms with Crippen LogP contribution >= 0.6 is 0 Å². The van der Waals surface area contributed by atoms with E-state index in [9.17, 15) is 9.90 Å². The van der Waals surface area contributed by atoms with E-state index in [1.54, 1.807) is 23.1 Å². The zero-order valence-electron chi connectivity index (χ0n) is 7.68. The first-order valence-electron chi connectivity index (χ1n) is 4.50. The zero-order valence-corrected chi connectivity index (χ0v) is 7.68. The highest BCUT2D eigenvalue weighted by molar-refractivity contribution is 5.95. The van der Waals surface area contributed by atoms with E-state index in [0.717, 1.165) is 0 Å². The van der Waals surface area contributed by atoms with Crippen LogP contribution in [0.2, 0.25) is 0 Å². The van der Waals surface area contributed by atoms with Crippen molar-refractivity contribution in [2.45, 2.75) is 6.04 Å². The standard InChI is InChI=1S/C10H12N2O2/c11-8-5-12(6-8)10(14)7-2-1-3-9(13)4-7/h1-4,8,13H,5-6,11H2. The Kier molecular flexibility index (Phi) is 2.13. The number of hydrogen-bond acceptors (Lipinski definition) is 3. The van der Waals surface area contributed by atoms with Crippen LogP contribution in [-0.4, -0.2) is 35.0 Å². The number of phenolic OH excluding ortho intramolecular Hbond substituents is 1.